The molecular weight excluding hydrogens is 432 g/mol. The number of fused-ring (bicyclic) bond motifs is 1. The van der Waals surface area contributed by atoms with E-state index in [9.17, 15) is 4.79 Å². The summed E-state index contributed by atoms with van der Waals surface area (Å²) in [4.78, 5) is 20.0. The number of rotatable bonds is 4. The molecule has 0 aromatic heterocycles. The van der Waals surface area contributed by atoms with E-state index >= 15 is 0 Å². The average molecular weight is 459 g/mol. The first-order chi connectivity index (χ1) is 13.7. The zero-order chi connectivity index (χ0) is 19.3. The minimum absolute atomic E-state index is 0. The Morgan fingerprint density at radius 3 is 2.69 bits per heavy atom. The van der Waals surface area contributed by atoms with Gasteiger partial charge in [0.2, 0.25) is 0 Å². The van der Waals surface area contributed by atoms with E-state index in [2.05, 4.69) is 30.0 Å². The Kier molecular flexibility index (Phi) is 7.31. The largest absolute Gasteiger partial charge is 0.486 e. The minimum atomic E-state index is 0. The topological polar surface area (TPSA) is 51.1 Å². The van der Waals surface area contributed by atoms with Crippen LogP contribution in [0.2, 0.25) is 0 Å². The van der Waals surface area contributed by atoms with E-state index < -0.39 is 0 Å². The standard InChI is InChI=1S/C23H26N2O3.BrH/c1-17-6-5-7-19(14-17)25(23-8-3-2-4-11-24-23)16-20(26)18-9-10-21-22(15-18)28-13-12-27-21;/h5-7,9-10,14-15H,2-4,8,11-13,16H2,1H3;1H. The van der Waals surface area contributed by atoms with Gasteiger partial charge in [-0.25, -0.2) is 0 Å². The van der Waals surface area contributed by atoms with E-state index in [0.717, 1.165) is 37.3 Å². The summed E-state index contributed by atoms with van der Waals surface area (Å²) in [5.74, 6) is 2.40. The third-order valence-corrected chi connectivity index (χ3v) is 5.14. The molecule has 2 aromatic carbocycles. The molecule has 0 bridgehead atoms. The predicted molar refractivity (Wildman–Crippen MR) is 121 cm³/mol. The number of benzene rings is 2. The van der Waals surface area contributed by atoms with Crippen molar-refractivity contribution >= 4 is 34.3 Å². The van der Waals surface area contributed by atoms with E-state index in [4.69, 9.17) is 14.5 Å². The smallest absolute Gasteiger partial charge is 0.182 e. The predicted octanol–water partition coefficient (Wildman–Crippen LogP) is 5.01. The lowest BCUT2D eigenvalue weighted by Gasteiger charge is -2.26. The molecule has 29 heavy (non-hydrogen) atoms. The van der Waals surface area contributed by atoms with Gasteiger partial charge >= 0.3 is 0 Å². The van der Waals surface area contributed by atoms with Crippen LogP contribution < -0.4 is 14.4 Å². The fourth-order valence-corrected chi connectivity index (χ4v) is 3.66. The molecule has 0 fully saturated rings. The quantitative estimate of drug-likeness (QED) is 0.604. The Hall–Kier alpha value is -2.34. The molecule has 0 atom stereocenters. The summed E-state index contributed by atoms with van der Waals surface area (Å²) < 4.78 is 11.2. The van der Waals surface area contributed by atoms with Gasteiger partial charge in [0.1, 0.15) is 19.0 Å². The molecule has 4 rings (SSSR count). The summed E-state index contributed by atoms with van der Waals surface area (Å²) >= 11 is 0. The van der Waals surface area contributed by atoms with Crippen LogP contribution in [-0.4, -0.2) is 37.9 Å². The maximum Gasteiger partial charge on any atom is 0.182 e. The van der Waals surface area contributed by atoms with E-state index in [1.165, 1.54) is 12.0 Å². The second kappa shape index (κ2) is 9.92. The van der Waals surface area contributed by atoms with E-state index in [1.807, 2.05) is 18.2 Å². The number of Topliss-reactive ketones (excluding diaryl/α,β-unsaturated/α-hetero) is 1. The normalized spacial score (nSPS) is 15.6. The van der Waals surface area contributed by atoms with Crippen molar-refractivity contribution in [1.82, 2.24) is 0 Å². The van der Waals surface area contributed by atoms with Crippen molar-refractivity contribution in [2.24, 2.45) is 4.99 Å². The van der Waals surface area contributed by atoms with Gasteiger partial charge in [-0.1, -0.05) is 18.6 Å². The number of ketones is 1. The SMILES string of the molecule is Br.Cc1cccc(N(CC(=O)c2ccc3c(c2)OCCO3)C2=NCCCCC2)c1. The number of hydrogen-bond donors (Lipinski definition) is 0. The van der Waals surface area contributed by atoms with Gasteiger partial charge < -0.3 is 14.4 Å². The van der Waals surface area contributed by atoms with Gasteiger partial charge in [0.15, 0.2) is 17.3 Å². The Morgan fingerprint density at radius 2 is 1.86 bits per heavy atom. The fourth-order valence-electron chi connectivity index (χ4n) is 3.66. The molecule has 2 aromatic rings. The summed E-state index contributed by atoms with van der Waals surface area (Å²) in [6.07, 6.45) is 4.31. The maximum atomic E-state index is 13.1. The molecule has 0 aliphatic carbocycles. The first kappa shape index (κ1) is 21.4. The molecule has 0 saturated heterocycles. The van der Waals surface area contributed by atoms with Gasteiger partial charge in [-0.05, 0) is 55.7 Å². The highest BCUT2D eigenvalue weighted by molar-refractivity contribution is 8.93. The molecule has 154 valence electrons. The highest BCUT2D eigenvalue weighted by atomic mass is 79.9. The molecule has 2 aliphatic rings. The molecule has 0 radical (unpaired) electrons. The molecule has 5 nitrogen and oxygen atoms in total. The third-order valence-electron chi connectivity index (χ3n) is 5.14. The number of hydrogen-bond acceptors (Lipinski definition) is 5. The maximum absolute atomic E-state index is 13.1. The van der Waals surface area contributed by atoms with Crippen LogP contribution in [0.3, 0.4) is 0 Å². The van der Waals surface area contributed by atoms with Crippen molar-refractivity contribution in [1.29, 1.82) is 0 Å². The monoisotopic (exact) mass is 458 g/mol. The van der Waals surface area contributed by atoms with Crippen LogP contribution in [0.15, 0.2) is 47.5 Å². The second-order valence-electron chi connectivity index (χ2n) is 7.32. The van der Waals surface area contributed by atoms with Gasteiger partial charge in [-0.15, -0.1) is 17.0 Å². The first-order valence-electron chi connectivity index (χ1n) is 10.0. The lowest BCUT2D eigenvalue weighted by molar-refractivity contribution is 0.100. The van der Waals surface area contributed by atoms with Crippen molar-refractivity contribution in [3.63, 3.8) is 0 Å². The summed E-state index contributed by atoms with van der Waals surface area (Å²) in [6, 6.07) is 13.7. The number of amidine groups is 1. The molecule has 2 heterocycles. The summed E-state index contributed by atoms with van der Waals surface area (Å²) in [5, 5.41) is 0. The zero-order valence-electron chi connectivity index (χ0n) is 16.7. The highest BCUT2D eigenvalue weighted by Gasteiger charge is 2.21. The van der Waals surface area contributed by atoms with Crippen LogP contribution in [0, 0.1) is 6.92 Å². The van der Waals surface area contributed by atoms with Crippen molar-refractivity contribution in [2.45, 2.75) is 32.6 Å². The van der Waals surface area contributed by atoms with E-state index in [0.29, 0.717) is 30.3 Å². The summed E-state index contributed by atoms with van der Waals surface area (Å²) in [6.45, 7) is 4.22. The zero-order valence-corrected chi connectivity index (χ0v) is 18.4. The number of aryl methyl sites for hydroxylation is 1. The number of carbonyl (C=O) groups is 1. The number of carbonyl (C=O) groups excluding carboxylic acids is 1. The number of aliphatic imine (C=N–C) groups is 1. The molecular formula is C23H27BrN2O3. The van der Waals surface area contributed by atoms with E-state index in [-0.39, 0.29) is 29.3 Å². The lowest BCUT2D eigenvalue weighted by atomic mass is 10.1. The Balaban J connectivity index is 0.00000240. The van der Waals surface area contributed by atoms with Crippen molar-refractivity contribution in [3.05, 3.63) is 53.6 Å². The highest BCUT2D eigenvalue weighted by Crippen LogP contribution is 2.31. The summed E-state index contributed by atoms with van der Waals surface area (Å²) in [5.41, 5.74) is 2.83. The Bertz CT molecular complexity index is 897. The van der Waals surface area contributed by atoms with Gasteiger partial charge in [0.25, 0.3) is 0 Å². The van der Waals surface area contributed by atoms with Crippen LogP contribution in [0.25, 0.3) is 0 Å². The molecule has 2 aliphatic heterocycles. The average Bonchev–Trinajstić information content (AvgIpc) is 3.01. The van der Waals surface area contributed by atoms with Crippen molar-refractivity contribution in [2.75, 3.05) is 31.2 Å². The fraction of sp³-hybridized carbons (Fsp3) is 0.391. The number of ether oxygens (including phenoxy) is 2. The van der Waals surface area contributed by atoms with Gasteiger partial charge in [0.05, 0.1) is 6.54 Å². The lowest BCUT2D eigenvalue weighted by Crippen LogP contribution is -2.36. The molecule has 0 unspecified atom stereocenters. The molecule has 0 amide bonds. The van der Waals surface area contributed by atoms with Crippen molar-refractivity contribution in [3.8, 4) is 11.5 Å². The van der Waals surface area contributed by atoms with Crippen LogP contribution in [0.1, 0.15) is 41.6 Å². The van der Waals surface area contributed by atoms with Gasteiger partial charge in [0, 0.05) is 24.2 Å². The van der Waals surface area contributed by atoms with Crippen LogP contribution in [0.4, 0.5) is 5.69 Å². The van der Waals surface area contributed by atoms with Crippen LogP contribution in [-0.2, 0) is 0 Å². The number of nitrogens with zero attached hydrogens (tertiary/aromatic N) is 2. The number of anilines is 1. The molecule has 0 saturated carbocycles. The van der Waals surface area contributed by atoms with Crippen LogP contribution >= 0.6 is 17.0 Å². The Morgan fingerprint density at radius 1 is 1.03 bits per heavy atom. The van der Waals surface area contributed by atoms with E-state index in [1.54, 1.807) is 6.07 Å². The van der Waals surface area contributed by atoms with Gasteiger partial charge in [-0.2, -0.15) is 0 Å². The Labute approximate surface area is 182 Å². The second-order valence-corrected chi connectivity index (χ2v) is 7.32. The first-order valence-corrected chi connectivity index (χ1v) is 10.0. The molecule has 0 N–H and O–H groups in total. The van der Waals surface area contributed by atoms with Crippen molar-refractivity contribution < 1.29 is 14.3 Å². The molecule has 0 spiro atoms. The minimum Gasteiger partial charge on any atom is -0.486 e. The van der Waals surface area contributed by atoms with Gasteiger partial charge in [-0.3, -0.25) is 9.79 Å². The van der Waals surface area contributed by atoms with Crippen LogP contribution in [0.5, 0.6) is 11.5 Å². The summed E-state index contributed by atoms with van der Waals surface area (Å²) in [7, 11) is 0. The molecule has 6 heteroatoms. The number of halogens is 1. The third kappa shape index (κ3) is 5.18.